The van der Waals surface area contributed by atoms with Crippen LogP contribution in [0, 0.1) is 0 Å². The Labute approximate surface area is 126 Å². The second-order valence-electron chi connectivity index (χ2n) is 4.63. The molecule has 1 unspecified atom stereocenters. The molecule has 0 spiro atoms. The van der Waals surface area contributed by atoms with Gasteiger partial charge in [0.25, 0.3) is 0 Å². The van der Waals surface area contributed by atoms with E-state index in [0.717, 1.165) is 5.56 Å². The van der Waals surface area contributed by atoms with Crippen LogP contribution >= 0.6 is 0 Å². The summed E-state index contributed by atoms with van der Waals surface area (Å²) in [5.74, 6) is -0.282. The highest BCUT2D eigenvalue weighted by Crippen LogP contribution is 2.22. The number of amides is 2. The van der Waals surface area contributed by atoms with Gasteiger partial charge in [-0.25, -0.2) is 4.79 Å². The number of nitrogens with one attached hydrogen (secondary N) is 2. The molecule has 0 heterocycles. The van der Waals surface area contributed by atoms with E-state index in [4.69, 9.17) is 5.11 Å². The van der Waals surface area contributed by atoms with Crippen LogP contribution in [0.25, 0.3) is 0 Å². The van der Waals surface area contributed by atoms with Gasteiger partial charge in [-0.1, -0.05) is 19.1 Å². The number of rotatable bonds is 7. The molecule has 0 fully saturated rings. The summed E-state index contributed by atoms with van der Waals surface area (Å²) in [5.41, 5.74) is 0.768. The number of urea groups is 1. The van der Waals surface area contributed by atoms with E-state index < -0.39 is 12.4 Å². The minimum Gasteiger partial charge on any atom is -0.406 e. The molecule has 1 aromatic rings. The molecule has 0 saturated heterocycles. The molecule has 0 bridgehead atoms. The number of carbonyl (C=O) groups excluding carboxylic acids is 1. The topological polar surface area (TPSA) is 70.6 Å². The fourth-order valence-corrected chi connectivity index (χ4v) is 1.69. The summed E-state index contributed by atoms with van der Waals surface area (Å²) in [6.45, 7) is 2.03. The van der Waals surface area contributed by atoms with Crippen molar-refractivity contribution in [1.82, 2.24) is 10.6 Å². The number of hydrogen-bond donors (Lipinski definition) is 3. The Balaban J connectivity index is 2.35. The first-order chi connectivity index (χ1) is 10.3. The molecule has 0 radical (unpaired) electrons. The van der Waals surface area contributed by atoms with Crippen LogP contribution in [-0.2, 0) is 6.42 Å². The number of ether oxygens (including phenoxy) is 1. The molecule has 124 valence electrons. The monoisotopic (exact) mass is 320 g/mol. The Morgan fingerprint density at radius 1 is 1.32 bits per heavy atom. The Morgan fingerprint density at radius 3 is 2.45 bits per heavy atom. The van der Waals surface area contributed by atoms with Crippen LogP contribution in [-0.4, -0.2) is 36.7 Å². The molecular weight excluding hydrogens is 301 g/mol. The van der Waals surface area contributed by atoms with Gasteiger partial charge >= 0.3 is 12.4 Å². The number of benzene rings is 1. The zero-order chi connectivity index (χ0) is 16.6. The van der Waals surface area contributed by atoms with Crippen LogP contribution in [0.2, 0.25) is 0 Å². The third-order valence-corrected chi connectivity index (χ3v) is 2.90. The van der Waals surface area contributed by atoms with Crippen molar-refractivity contribution in [2.24, 2.45) is 0 Å². The van der Waals surface area contributed by atoms with Gasteiger partial charge in [-0.3, -0.25) is 0 Å². The molecule has 0 aromatic heterocycles. The van der Waals surface area contributed by atoms with E-state index in [-0.39, 0.29) is 18.4 Å². The standard InChI is InChI=1S/C14H19F3N2O3/c1-2-11(9-20)19-13(21)18-8-7-10-3-5-12(6-4-10)22-14(15,16)17/h3-6,11,20H,2,7-9H2,1H3,(H2,18,19,21). The molecule has 0 aliphatic heterocycles. The lowest BCUT2D eigenvalue weighted by Crippen LogP contribution is -2.44. The van der Waals surface area contributed by atoms with E-state index >= 15 is 0 Å². The van der Waals surface area contributed by atoms with Crippen LogP contribution in [0.5, 0.6) is 5.75 Å². The van der Waals surface area contributed by atoms with Crippen molar-refractivity contribution in [2.45, 2.75) is 32.2 Å². The fourth-order valence-electron chi connectivity index (χ4n) is 1.69. The van der Waals surface area contributed by atoms with Crippen LogP contribution in [0.1, 0.15) is 18.9 Å². The molecule has 5 nitrogen and oxygen atoms in total. The first kappa shape index (κ1) is 18.1. The lowest BCUT2D eigenvalue weighted by molar-refractivity contribution is -0.274. The summed E-state index contributed by atoms with van der Waals surface area (Å²) in [6, 6.07) is 4.77. The molecular formula is C14H19F3N2O3. The molecule has 8 heteroatoms. The van der Waals surface area contributed by atoms with E-state index in [1.807, 2.05) is 6.92 Å². The maximum atomic E-state index is 12.0. The minimum atomic E-state index is -4.70. The summed E-state index contributed by atoms with van der Waals surface area (Å²) in [7, 11) is 0. The van der Waals surface area contributed by atoms with Crippen molar-refractivity contribution in [1.29, 1.82) is 0 Å². The van der Waals surface area contributed by atoms with Crippen molar-refractivity contribution in [3.63, 3.8) is 0 Å². The third-order valence-electron chi connectivity index (χ3n) is 2.90. The predicted molar refractivity (Wildman–Crippen MR) is 74.5 cm³/mol. The van der Waals surface area contributed by atoms with E-state index in [9.17, 15) is 18.0 Å². The van der Waals surface area contributed by atoms with Crippen LogP contribution in [0.3, 0.4) is 0 Å². The third kappa shape index (κ3) is 7.16. The Morgan fingerprint density at radius 2 is 1.95 bits per heavy atom. The molecule has 0 aliphatic rings. The smallest absolute Gasteiger partial charge is 0.406 e. The highest BCUT2D eigenvalue weighted by atomic mass is 19.4. The molecule has 1 rings (SSSR count). The van der Waals surface area contributed by atoms with Crippen molar-refractivity contribution >= 4 is 6.03 Å². The highest BCUT2D eigenvalue weighted by Gasteiger charge is 2.30. The predicted octanol–water partition coefficient (Wildman–Crippen LogP) is 2.20. The summed E-state index contributed by atoms with van der Waals surface area (Å²) in [4.78, 5) is 11.5. The van der Waals surface area contributed by atoms with Gasteiger partial charge in [0.2, 0.25) is 0 Å². The van der Waals surface area contributed by atoms with Crippen molar-refractivity contribution in [3.8, 4) is 5.75 Å². The zero-order valence-electron chi connectivity index (χ0n) is 12.1. The van der Waals surface area contributed by atoms with Gasteiger partial charge in [0, 0.05) is 6.54 Å². The maximum absolute atomic E-state index is 12.0. The summed E-state index contributed by atoms with van der Waals surface area (Å²) in [5, 5.41) is 14.2. The Bertz CT molecular complexity index is 459. The van der Waals surface area contributed by atoms with Crippen LogP contribution in [0.15, 0.2) is 24.3 Å². The number of alkyl halides is 3. The molecule has 22 heavy (non-hydrogen) atoms. The van der Waals surface area contributed by atoms with Gasteiger partial charge < -0.3 is 20.5 Å². The van der Waals surface area contributed by atoms with E-state index in [1.54, 1.807) is 0 Å². The SMILES string of the molecule is CCC(CO)NC(=O)NCCc1ccc(OC(F)(F)F)cc1. The van der Waals surface area contributed by atoms with Gasteiger partial charge in [0.05, 0.1) is 12.6 Å². The number of carbonyl (C=O) groups is 1. The van der Waals surface area contributed by atoms with Crippen molar-refractivity contribution in [3.05, 3.63) is 29.8 Å². The van der Waals surface area contributed by atoms with Crippen LogP contribution in [0.4, 0.5) is 18.0 Å². The molecule has 0 saturated carbocycles. The summed E-state index contributed by atoms with van der Waals surface area (Å²) < 4.78 is 39.8. The second kappa shape index (κ2) is 8.47. The number of aliphatic hydroxyl groups is 1. The number of halogens is 3. The quantitative estimate of drug-likeness (QED) is 0.721. The fraction of sp³-hybridized carbons (Fsp3) is 0.500. The molecule has 1 aromatic carbocycles. The van der Waals surface area contributed by atoms with Crippen molar-refractivity contribution in [2.75, 3.05) is 13.2 Å². The summed E-state index contributed by atoms with van der Waals surface area (Å²) >= 11 is 0. The van der Waals surface area contributed by atoms with Crippen LogP contribution < -0.4 is 15.4 Å². The first-order valence-electron chi connectivity index (χ1n) is 6.84. The van der Waals surface area contributed by atoms with E-state index in [2.05, 4.69) is 15.4 Å². The zero-order valence-corrected chi connectivity index (χ0v) is 12.1. The van der Waals surface area contributed by atoms with Gasteiger partial charge in [0.1, 0.15) is 5.75 Å². The second-order valence-corrected chi connectivity index (χ2v) is 4.63. The first-order valence-corrected chi connectivity index (χ1v) is 6.84. The Hall–Kier alpha value is -1.96. The molecule has 2 amide bonds. The maximum Gasteiger partial charge on any atom is 0.573 e. The Kier molecular flexibility index (Phi) is 6.97. The molecule has 0 aliphatic carbocycles. The lowest BCUT2D eigenvalue weighted by Gasteiger charge is -2.14. The average Bonchev–Trinajstić information content (AvgIpc) is 2.45. The van der Waals surface area contributed by atoms with Gasteiger partial charge in [-0.05, 0) is 30.5 Å². The van der Waals surface area contributed by atoms with Gasteiger partial charge in [-0.15, -0.1) is 13.2 Å². The number of aliphatic hydroxyl groups excluding tert-OH is 1. The van der Waals surface area contributed by atoms with Gasteiger partial charge in [0.15, 0.2) is 0 Å². The molecule has 1 atom stereocenters. The van der Waals surface area contributed by atoms with E-state index in [0.29, 0.717) is 19.4 Å². The van der Waals surface area contributed by atoms with Gasteiger partial charge in [-0.2, -0.15) is 0 Å². The minimum absolute atomic E-state index is 0.134. The highest BCUT2D eigenvalue weighted by molar-refractivity contribution is 5.74. The number of hydrogen-bond acceptors (Lipinski definition) is 3. The van der Waals surface area contributed by atoms with E-state index in [1.165, 1.54) is 24.3 Å². The average molecular weight is 320 g/mol. The molecule has 3 N–H and O–H groups in total. The largest absolute Gasteiger partial charge is 0.573 e. The normalized spacial score (nSPS) is 12.6. The lowest BCUT2D eigenvalue weighted by atomic mass is 10.1. The summed E-state index contributed by atoms with van der Waals surface area (Å²) in [6.07, 6.45) is -3.62. The van der Waals surface area contributed by atoms with Crippen molar-refractivity contribution < 1.29 is 27.8 Å².